The average Bonchev–Trinajstić information content (AvgIpc) is 3.07. The summed E-state index contributed by atoms with van der Waals surface area (Å²) in [5.41, 5.74) is 2.32. The maximum atomic E-state index is 11.0. The van der Waals surface area contributed by atoms with Crippen molar-refractivity contribution in [2.45, 2.75) is 13.1 Å². The molecule has 0 fully saturated rings. The minimum absolute atomic E-state index is 0.301. The van der Waals surface area contributed by atoms with E-state index in [1.807, 2.05) is 29.1 Å². The third-order valence-electron chi connectivity index (χ3n) is 3.46. The van der Waals surface area contributed by atoms with Crippen molar-refractivity contribution >= 4 is 16.0 Å². The van der Waals surface area contributed by atoms with E-state index in [1.165, 1.54) is 5.56 Å². The predicted octanol–water partition coefficient (Wildman–Crippen LogP) is 0.146. The number of hydrogen-bond acceptors (Lipinski definition) is 4. The molecule has 136 valence electrons. The third-order valence-corrected chi connectivity index (χ3v) is 4.19. The Morgan fingerprint density at radius 1 is 1.16 bits per heavy atom. The highest BCUT2D eigenvalue weighted by molar-refractivity contribution is 7.88. The first kappa shape index (κ1) is 18.9. The molecule has 8 nitrogen and oxygen atoms in total. The molecule has 1 heterocycles. The van der Waals surface area contributed by atoms with E-state index in [0.29, 0.717) is 32.1 Å². The predicted molar refractivity (Wildman–Crippen MR) is 98.8 cm³/mol. The van der Waals surface area contributed by atoms with Crippen LogP contribution in [0.2, 0.25) is 0 Å². The van der Waals surface area contributed by atoms with Gasteiger partial charge in [-0.25, -0.2) is 13.1 Å². The van der Waals surface area contributed by atoms with Crippen molar-refractivity contribution in [1.82, 2.24) is 25.1 Å². The Morgan fingerprint density at radius 3 is 2.56 bits per heavy atom. The highest BCUT2D eigenvalue weighted by Gasteiger charge is 2.05. The fourth-order valence-electron chi connectivity index (χ4n) is 2.27. The van der Waals surface area contributed by atoms with Gasteiger partial charge in [0.25, 0.3) is 0 Å². The minimum Gasteiger partial charge on any atom is -0.355 e. The van der Waals surface area contributed by atoms with Crippen LogP contribution in [0.3, 0.4) is 0 Å². The van der Waals surface area contributed by atoms with Gasteiger partial charge >= 0.3 is 0 Å². The fourth-order valence-corrected chi connectivity index (χ4v) is 2.74. The molecule has 0 spiro atoms. The molecular formula is C16H24N6O2S. The standard InChI is InChI=1S/C16H24N6O2S/c1-17-16(18-9-10-21-25(2,23)24)19-12-14-6-3-4-7-15(14)13-22-11-5-8-20-22/h3-8,11,21H,9-10,12-13H2,1-2H3,(H2,17,18,19). The van der Waals surface area contributed by atoms with E-state index in [4.69, 9.17) is 0 Å². The summed E-state index contributed by atoms with van der Waals surface area (Å²) in [7, 11) is -1.50. The van der Waals surface area contributed by atoms with Crippen LogP contribution < -0.4 is 15.4 Å². The van der Waals surface area contributed by atoms with Crippen molar-refractivity contribution in [2.24, 2.45) is 4.99 Å². The Hall–Kier alpha value is -2.39. The first-order chi connectivity index (χ1) is 12.0. The molecule has 0 aliphatic heterocycles. The van der Waals surface area contributed by atoms with E-state index < -0.39 is 10.0 Å². The topological polar surface area (TPSA) is 100 Å². The van der Waals surface area contributed by atoms with Gasteiger partial charge in [-0.1, -0.05) is 24.3 Å². The van der Waals surface area contributed by atoms with E-state index in [9.17, 15) is 8.42 Å². The smallest absolute Gasteiger partial charge is 0.208 e. The number of sulfonamides is 1. The number of nitrogens with zero attached hydrogens (tertiary/aromatic N) is 3. The van der Waals surface area contributed by atoms with Crippen molar-refractivity contribution < 1.29 is 8.42 Å². The summed E-state index contributed by atoms with van der Waals surface area (Å²) >= 11 is 0. The van der Waals surface area contributed by atoms with Crippen LogP contribution in [0, 0.1) is 0 Å². The molecule has 2 rings (SSSR count). The molecule has 0 atom stereocenters. The lowest BCUT2D eigenvalue weighted by Crippen LogP contribution is -2.41. The van der Waals surface area contributed by atoms with Gasteiger partial charge in [0.1, 0.15) is 0 Å². The van der Waals surface area contributed by atoms with E-state index in [1.54, 1.807) is 13.2 Å². The maximum Gasteiger partial charge on any atom is 0.208 e. The lowest BCUT2D eigenvalue weighted by molar-refractivity contribution is 0.586. The highest BCUT2D eigenvalue weighted by Crippen LogP contribution is 2.10. The molecule has 9 heteroatoms. The summed E-state index contributed by atoms with van der Waals surface area (Å²) in [6.45, 7) is 2.06. The Kier molecular flexibility index (Phi) is 6.96. The number of aliphatic imine (C=N–C) groups is 1. The van der Waals surface area contributed by atoms with Gasteiger partial charge in [-0.05, 0) is 17.2 Å². The molecular weight excluding hydrogens is 340 g/mol. The monoisotopic (exact) mass is 364 g/mol. The Labute approximate surface area is 148 Å². The minimum atomic E-state index is -3.17. The molecule has 2 aromatic rings. The Bertz CT molecular complexity index is 787. The van der Waals surface area contributed by atoms with Gasteiger partial charge in [-0.2, -0.15) is 5.10 Å². The molecule has 0 radical (unpaired) electrons. The summed E-state index contributed by atoms with van der Waals surface area (Å²) in [6.07, 6.45) is 4.83. The molecule has 0 bridgehead atoms. The molecule has 1 aromatic carbocycles. The molecule has 0 aliphatic carbocycles. The molecule has 0 saturated carbocycles. The number of aromatic nitrogens is 2. The zero-order chi connectivity index (χ0) is 18.1. The van der Waals surface area contributed by atoms with Crippen LogP contribution in [0.15, 0.2) is 47.7 Å². The van der Waals surface area contributed by atoms with Crippen LogP contribution in [0.25, 0.3) is 0 Å². The van der Waals surface area contributed by atoms with Crippen molar-refractivity contribution in [2.75, 3.05) is 26.4 Å². The van der Waals surface area contributed by atoms with Crippen molar-refractivity contribution in [1.29, 1.82) is 0 Å². The van der Waals surface area contributed by atoms with Crippen molar-refractivity contribution in [3.05, 3.63) is 53.9 Å². The Morgan fingerprint density at radius 2 is 1.92 bits per heavy atom. The first-order valence-electron chi connectivity index (χ1n) is 7.91. The summed E-state index contributed by atoms with van der Waals surface area (Å²) in [5, 5.41) is 10.5. The fraction of sp³-hybridized carbons (Fsp3) is 0.375. The van der Waals surface area contributed by atoms with Crippen LogP contribution in [0.4, 0.5) is 0 Å². The van der Waals surface area contributed by atoms with Gasteiger partial charge in [0.2, 0.25) is 10.0 Å². The number of rotatable bonds is 8. The lowest BCUT2D eigenvalue weighted by atomic mass is 10.1. The summed E-state index contributed by atoms with van der Waals surface area (Å²) in [5.74, 6) is 0.615. The molecule has 0 aliphatic rings. The third kappa shape index (κ3) is 6.94. The van der Waals surface area contributed by atoms with E-state index in [0.717, 1.165) is 11.8 Å². The van der Waals surface area contributed by atoms with Crippen LogP contribution in [-0.4, -0.2) is 50.6 Å². The van der Waals surface area contributed by atoms with Crippen LogP contribution in [0.1, 0.15) is 11.1 Å². The van der Waals surface area contributed by atoms with E-state index in [-0.39, 0.29) is 0 Å². The zero-order valence-electron chi connectivity index (χ0n) is 14.4. The molecule has 0 amide bonds. The van der Waals surface area contributed by atoms with E-state index in [2.05, 4.69) is 37.6 Å². The second-order valence-electron chi connectivity index (χ2n) is 5.49. The lowest BCUT2D eigenvalue weighted by Gasteiger charge is -2.14. The first-order valence-corrected chi connectivity index (χ1v) is 9.80. The summed E-state index contributed by atoms with van der Waals surface area (Å²) in [6, 6.07) is 10.0. The highest BCUT2D eigenvalue weighted by atomic mass is 32.2. The Balaban J connectivity index is 1.87. The SMILES string of the molecule is CN=C(NCCNS(C)(=O)=O)NCc1ccccc1Cn1cccn1. The summed E-state index contributed by atoms with van der Waals surface area (Å²) < 4.78 is 26.4. The maximum absolute atomic E-state index is 11.0. The second kappa shape index (κ2) is 9.19. The molecule has 0 saturated heterocycles. The van der Waals surface area contributed by atoms with Crippen molar-refractivity contribution in [3.63, 3.8) is 0 Å². The molecule has 1 aromatic heterocycles. The van der Waals surface area contributed by atoms with Gasteiger partial charge in [-0.15, -0.1) is 0 Å². The zero-order valence-corrected chi connectivity index (χ0v) is 15.3. The van der Waals surface area contributed by atoms with Gasteiger partial charge in [0.05, 0.1) is 12.8 Å². The van der Waals surface area contributed by atoms with E-state index >= 15 is 0 Å². The van der Waals surface area contributed by atoms with Gasteiger partial charge < -0.3 is 10.6 Å². The summed E-state index contributed by atoms with van der Waals surface area (Å²) in [4.78, 5) is 4.14. The normalized spacial score (nSPS) is 12.2. The van der Waals surface area contributed by atoms with Crippen LogP contribution >= 0.6 is 0 Å². The molecule has 0 unspecified atom stereocenters. The van der Waals surface area contributed by atoms with Gasteiger partial charge in [-0.3, -0.25) is 9.67 Å². The largest absolute Gasteiger partial charge is 0.355 e. The average molecular weight is 364 g/mol. The number of nitrogens with one attached hydrogen (secondary N) is 3. The quantitative estimate of drug-likeness (QED) is 0.352. The van der Waals surface area contributed by atoms with Crippen molar-refractivity contribution in [3.8, 4) is 0 Å². The van der Waals surface area contributed by atoms with Gasteiger partial charge in [0, 0.05) is 39.1 Å². The number of guanidine groups is 1. The number of hydrogen-bond donors (Lipinski definition) is 3. The molecule has 25 heavy (non-hydrogen) atoms. The van der Waals surface area contributed by atoms with Crippen LogP contribution in [0.5, 0.6) is 0 Å². The number of benzene rings is 1. The van der Waals surface area contributed by atoms with Gasteiger partial charge in [0.15, 0.2) is 5.96 Å². The second-order valence-corrected chi connectivity index (χ2v) is 7.32. The molecule has 3 N–H and O–H groups in total. The van der Waals surface area contributed by atoms with Crippen LogP contribution in [-0.2, 0) is 23.1 Å².